The van der Waals surface area contributed by atoms with E-state index < -0.39 is 0 Å². The van der Waals surface area contributed by atoms with Gasteiger partial charge in [-0.1, -0.05) is 59.5 Å². The van der Waals surface area contributed by atoms with Crippen LogP contribution in [0.4, 0.5) is 15.2 Å². The number of hydrogen-bond donors (Lipinski definition) is 2. The fraction of sp³-hybridized carbons (Fsp3) is 0.211. The van der Waals surface area contributed by atoms with Crippen molar-refractivity contribution in [1.82, 2.24) is 15.5 Å². The zero-order valence-electron chi connectivity index (χ0n) is 14.5. The Bertz CT molecular complexity index is 873. The van der Waals surface area contributed by atoms with E-state index >= 15 is 0 Å². The topological polar surface area (TPSA) is 66.9 Å². The second-order valence-corrected chi connectivity index (χ2v) is 7.94. The Balaban J connectivity index is 1.36. The van der Waals surface area contributed by atoms with E-state index in [2.05, 4.69) is 33.0 Å². The van der Waals surface area contributed by atoms with Crippen molar-refractivity contribution in [2.45, 2.75) is 17.2 Å². The molecule has 0 saturated heterocycles. The largest absolute Gasteiger partial charge is 0.355 e. The molecule has 0 spiro atoms. The first-order valence-corrected chi connectivity index (χ1v) is 10.3. The van der Waals surface area contributed by atoms with Crippen LogP contribution >= 0.6 is 23.1 Å². The van der Waals surface area contributed by atoms with E-state index in [1.54, 1.807) is 12.1 Å². The number of carbonyl (C=O) groups excluding carboxylic acids is 1. The van der Waals surface area contributed by atoms with Crippen LogP contribution in [0.5, 0.6) is 0 Å². The molecule has 8 heteroatoms. The molecule has 0 radical (unpaired) electrons. The predicted molar refractivity (Wildman–Crippen MR) is 108 cm³/mol. The first-order valence-electron chi connectivity index (χ1n) is 8.48. The molecule has 0 fully saturated rings. The quantitative estimate of drug-likeness (QED) is 0.413. The molecule has 2 aromatic carbocycles. The molecule has 1 amide bonds. The number of nitrogens with one attached hydrogen (secondary N) is 2. The third kappa shape index (κ3) is 6.65. The first-order chi connectivity index (χ1) is 13.2. The molecule has 1 heterocycles. The summed E-state index contributed by atoms with van der Waals surface area (Å²) < 4.78 is 13.9. The second kappa shape index (κ2) is 10.0. The lowest BCUT2D eigenvalue weighted by Gasteiger charge is -2.04. The minimum absolute atomic E-state index is 0.0251. The average molecular weight is 403 g/mol. The van der Waals surface area contributed by atoms with E-state index in [9.17, 15) is 9.18 Å². The number of carbonyl (C=O) groups is 1. The standard InChI is InChI=1S/C19H19FN4OS2/c20-15-9-4-10-16(12-15)22-18-23-24-19(27-18)26-13-17(25)21-11-5-8-14-6-2-1-3-7-14/h1-4,6-7,9-10,12H,5,8,11,13H2,(H,21,25)(H,22,23). The number of nitrogens with zero attached hydrogens (tertiary/aromatic N) is 2. The van der Waals surface area contributed by atoms with Crippen LogP contribution < -0.4 is 10.6 Å². The van der Waals surface area contributed by atoms with Crippen molar-refractivity contribution in [2.24, 2.45) is 0 Å². The van der Waals surface area contributed by atoms with Gasteiger partial charge in [0.05, 0.1) is 5.75 Å². The van der Waals surface area contributed by atoms with E-state index in [1.807, 2.05) is 18.2 Å². The lowest BCUT2D eigenvalue weighted by molar-refractivity contribution is -0.118. The summed E-state index contributed by atoms with van der Waals surface area (Å²) >= 11 is 2.66. The summed E-state index contributed by atoms with van der Waals surface area (Å²) in [6.45, 7) is 0.650. The monoisotopic (exact) mass is 402 g/mol. The van der Waals surface area contributed by atoms with Crippen molar-refractivity contribution in [3.63, 3.8) is 0 Å². The Morgan fingerprint density at radius 3 is 2.78 bits per heavy atom. The van der Waals surface area contributed by atoms with Crippen LogP contribution in [0.25, 0.3) is 0 Å². The molecule has 0 aliphatic carbocycles. The Morgan fingerprint density at radius 2 is 1.96 bits per heavy atom. The third-order valence-electron chi connectivity index (χ3n) is 3.62. The molecule has 140 valence electrons. The van der Waals surface area contributed by atoms with Crippen LogP contribution in [0, 0.1) is 5.82 Å². The maximum Gasteiger partial charge on any atom is 0.230 e. The Hall–Kier alpha value is -2.45. The van der Waals surface area contributed by atoms with Gasteiger partial charge in [0, 0.05) is 12.2 Å². The number of anilines is 2. The molecule has 0 unspecified atom stereocenters. The number of aromatic nitrogens is 2. The van der Waals surface area contributed by atoms with Gasteiger partial charge in [-0.3, -0.25) is 4.79 Å². The molecular weight excluding hydrogens is 383 g/mol. The molecule has 2 N–H and O–H groups in total. The number of hydrogen-bond acceptors (Lipinski definition) is 6. The molecule has 1 aromatic heterocycles. The van der Waals surface area contributed by atoms with E-state index in [-0.39, 0.29) is 11.7 Å². The highest BCUT2D eigenvalue weighted by molar-refractivity contribution is 8.01. The SMILES string of the molecule is O=C(CSc1nnc(Nc2cccc(F)c2)s1)NCCCc1ccccc1. The fourth-order valence-corrected chi connectivity index (χ4v) is 3.95. The summed E-state index contributed by atoms with van der Waals surface area (Å²) in [5.74, 6) is -0.0501. The fourth-order valence-electron chi connectivity index (χ4n) is 2.35. The van der Waals surface area contributed by atoms with Crippen molar-refractivity contribution in [3.8, 4) is 0 Å². The smallest absolute Gasteiger partial charge is 0.230 e. The average Bonchev–Trinajstić information content (AvgIpc) is 3.12. The maximum atomic E-state index is 13.2. The molecule has 3 aromatic rings. The minimum atomic E-state index is -0.317. The van der Waals surface area contributed by atoms with Crippen LogP contribution in [-0.4, -0.2) is 28.4 Å². The summed E-state index contributed by atoms with van der Waals surface area (Å²) in [7, 11) is 0. The highest BCUT2D eigenvalue weighted by atomic mass is 32.2. The molecule has 0 saturated carbocycles. The molecule has 0 aliphatic rings. The summed E-state index contributed by atoms with van der Waals surface area (Å²) in [6, 6.07) is 16.3. The van der Waals surface area contributed by atoms with Crippen molar-refractivity contribution in [1.29, 1.82) is 0 Å². The Kier molecular flexibility index (Phi) is 7.18. The summed E-state index contributed by atoms with van der Waals surface area (Å²) in [4.78, 5) is 11.9. The molecule has 0 bridgehead atoms. The Morgan fingerprint density at radius 1 is 1.11 bits per heavy atom. The van der Waals surface area contributed by atoms with Gasteiger partial charge >= 0.3 is 0 Å². The minimum Gasteiger partial charge on any atom is -0.355 e. The van der Waals surface area contributed by atoms with Crippen molar-refractivity contribution >= 4 is 39.8 Å². The summed E-state index contributed by atoms with van der Waals surface area (Å²) in [5, 5.41) is 14.5. The van der Waals surface area contributed by atoms with Crippen LogP contribution in [0.3, 0.4) is 0 Å². The predicted octanol–water partition coefficient (Wildman–Crippen LogP) is 4.26. The first kappa shape index (κ1) is 19.3. The van der Waals surface area contributed by atoms with Crippen molar-refractivity contribution in [3.05, 3.63) is 66.0 Å². The molecule has 27 heavy (non-hydrogen) atoms. The Labute approximate surface area is 165 Å². The van der Waals surface area contributed by atoms with Crippen LogP contribution in [-0.2, 0) is 11.2 Å². The van der Waals surface area contributed by atoms with Gasteiger partial charge in [-0.05, 0) is 36.6 Å². The molecule has 3 rings (SSSR count). The van der Waals surface area contributed by atoms with Gasteiger partial charge in [-0.25, -0.2) is 4.39 Å². The van der Waals surface area contributed by atoms with Gasteiger partial charge in [-0.15, -0.1) is 10.2 Å². The van der Waals surface area contributed by atoms with Gasteiger partial charge in [-0.2, -0.15) is 0 Å². The zero-order valence-corrected chi connectivity index (χ0v) is 16.2. The van der Waals surface area contributed by atoms with Crippen molar-refractivity contribution < 1.29 is 9.18 Å². The molecular formula is C19H19FN4OS2. The molecule has 0 atom stereocenters. The zero-order chi connectivity index (χ0) is 18.9. The maximum absolute atomic E-state index is 13.2. The normalized spacial score (nSPS) is 10.6. The van der Waals surface area contributed by atoms with Crippen LogP contribution in [0.15, 0.2) is 58.9 Å². The van der Waals surface area contributed by atoms with Gasteiger partial charge in [0.1, 0.15) is 5.82 Å². The lowest BCUT2D eigenvalue weighted by Crippen LogP contribution is -2.26. The number of amides is 1. The summed E-state index contributed by atoms with van der Waals surface area (Å²) in [5.41, 5.74) is 1.88. The van der Waals surface area contributed by atoms with Crippen LogP contribution in [0.1, 0.15) is 12.0 Å². The highest BCUT2D eigenvalue weighted by Crippen LogP contribution is 2.27. The molecule has 0 aliphatic heterocycles. The summed E-state index contributed by atoms with van der Waals surface area (Å²) in [6.07, 6.45) is 1.85. The number of benzene rings is 2. The second-order valence-electron chi connectivity index (χ2n) is 5.74. The number of rotatable bonds is 9. The third-order valence-corrected chi connectivity index (χ3v) is 5.59. The van der Waals surface area contributed by atoms with E-state index in [4.69, 9.17) is 0 Å². The highest BCUT2D eigenvalue weighted by Gasteiger charge is 2.08. The number of halogens is 1. The van der Waals surface area contributed by atoms with Gasteiger partial charge in [0.25, 0.3) is 0 Å². The van der Waals surface area contributed by atoms with E-state index in [0.717, 1.165) is 12.8 Å². The number of aryl methyl sites for hydroxylation is 1. The van der Waals surface area contributed by atoms with Crippen LogP contribution in [0.2, 0.25) is 0 Å². The van der Waals surface area contributed by atoms with E-state index in [0.29, 0.717) is 27.5 Å². The lowest BCUT2D eigenvalue weighted by atomic mass is 10.1. The number of thioether (sulfide) groups is 1. The van der Waals surface area contributed by atoms with Gasteiger partial charge < -0.3 is 10.6 Å². The molecule has 5 nitrogen and oxygen atoms in total. The van der Waals surface area contributed by atoms with E-state index in [1.165, 1.54) is 40.8 Å². The van der Waals surface area contributed by atoms with Crippen molar-refractivity contribution in [2.75, 3.05) is 17.6 Å². The van der Waals surface area contributed by atoms with Gasteiger partial charge in [0.15, 0.2) is 4.34 Å². The van der Waals surface area contributed by atoms with Gasteiger partial charge in [0.2, 0.25) is 11.0 Å².